The number of guanidine groups is 1. The van der Waals surface area contributed by atoms with Crippen LogP contribution in [-0.2, 0) is 10.9 Å². The van der Waals surface area contributed by atoms with Crippen LogP contribution in [0.2, 0.25) is 5.02 Å². The first-order valence-electron chi connectivity index (χ1n) is 9.95. The molecule has 174 valence electrons. The second-order valence-electron chi connectivity index (χ2n) is 7.36. The minimum absolute atomic E-state index is 0.0140. The van der Waals surface area contributed by atoms with E-state index in [0.717, 1.165) is 18.2 Å². The number of ether oxygens (including phenoxy) is 1. The number of aromatic nitrogens is 2. The average Bonchev–Trinajstić information content (AvgIpc) is 3.17. The number of hydrogen-bond donors (Lipinski definition) is 3. The Morgan fingerprint density at radius 2 is 1.94 bits per heavy atom. The van der Waals surface area contributed by atoms with Crippen molar-refractivity contribution in [1.82, 2.24) is 15.5 Å². The summed E-state index contributed by atoms with van der Waals surface area (Å²) in [5.41, 5.74) is -0.650. The Hall–Kier alpha value is -3.18. The highest BCUT2D eigenvalue weighted by molar-refractivity contribution is 6.30. The lowest BCUT2D eigenvalue weighted by Crippen LogP contribution is -2.38. The van der Waals surface area contributed by atoms with Gasteiger partial charge in [-0.2, -0.15) is 18.3 Å². The van der Waals surface area contributed by atoms with Gasteiger partial charge in [0.25, 0.3) is 5.91 Å². The fourth-order valence-corrected chi connectivity index (χ4v) is 3.43. The number of carbonyl (C=O) groups is 1. The molecule has 2 heterocycles. The molecule has 1 fully saturated rings. The molecule has 0 atom stereocenters. The maximum Gasteiger partial charge on any atom is 0.416 e. The predicted molar refractivity (Wildman–Crippen MR) is 115 cm³/mol. The van der Waals surface area contributed by atoms with Crippen molar-refractivity contribution in [3.05, 3.63) is 58.4 Å². The number of nitrogens with one attached hydrogen (secondary N) is 3. The number of nitrogens with zero attached hydrogens (tertiary/aromatic N) is 2. The van der Waals surface area contributed by atoms with E-state index in [1.54, 1.807) is 0 Å². The number of aliphatic imine (C=N–C) groups is 1. The van der Waals surface area contributed by atoms with Gasteiger partial charge in [-0.1, -0.05) is 11.6 Å². The van der Waals surface area contributed by atoms with Gasteiger partial charge in [-0.25, -0.2) is 9.38 Å². The van der Waals surface area contributed by atoms with Crippen LogP contribution >= 0.6 is 11.6 Å². The number of benzene rings is 2. The summed E-state index contributed by atoms with van der Waals surface area (Å²) in [5, 5.41) is 12.3. The molecule has 0 aliphatic carbocycles. The third-order valence-electron chi connectivity index (χ3n) is 5.04. The zero-order valence-corrected chi connectivity index (χ0v) is 17.7. The Balaban J connectivity index is 1.61. The number of anilines is 1. The summed E-state index contributed by atoms with van der Waals surface area (Å²) in [4.78, 5) is 17.2. The fraction of sp³-hybridized carbons (Fsp3) is 0.286. The Labute approximate surface area is 190 Å². The monoisotopic (exact) mass is 483 g/mol. The first-order chi connectivity index (χ1) is 15.7. The van der Waals surface area contributed by atoms with E-state index in [9.17, 15) is 22.4 Å². The van der Waals surface area contributed by atoms with Crippen LogP contribution < -0.4 is 10.6 Å². The molecule has 0 saturated carbocycles. The van der Waals surface area contributed by atoms with Crippen molar-refractivity contribution in [2.45, 2.75) is 25.1 Å². The number of halogens is 5. The molecule has 1 aromatic heterocycles. The molecule has 12 heteroatoms. The highest BCUT2D eigenvalue weighted by atomic mass is 35.5. The number of rotatable bonds is 3. The number of H-pyrrole nitrogens is 1. The van der Waals surface area contributed by atoms with Crippen LogP contribution in [0.15, 0.2) is 41.4 Å². The number of carbonyl (C=O) groups excluding carboxylic acids is 1. The Morgan fingerprint density at radius 1 is 1.18 bits per heavy atom. The van der Waals surface area contributed by atoms with Gasteiger partial charge >= 0.3 is 6.18 Å². The Morgan fingerprint density at radius 3 is 2.64 bits per heavy atom. The molecule has 3 aromatic rings. The van der Waals surface area contributed by atoms with Crippen LogP contribution in [0.25, 0.3) is 10.9 Å². The van der Waals surface area contributed by atoms with E-state index in [1.165, 1.54) is 18.2 Å². The van der Waals surface area contributed by atoms with Crippen LogP contribution in [-0.4, -0.2) is 41.3 Å². The van der Waals surface area contributed by atoms with Gasteiger partial charge in [-0.05, 0) is 49.2 Å². The van der Waals surface area contributed by atoms with Crippen LogP contribution in [0.4, 0.5) is 23.4 Å². The maximum absolute atomic E-state index is 13.8. The molecule has 1 aliphatic heterocycles. The van der Waals surface area contributed by atoms with Crippen molar-refractivity contribution in [3.8, 4) is 0 Å². The average molecular weight is 484 g/mol. The van der Waals surface area contributed by atoms with Crippen LogP contribution in [0.3, 0.4) is 0 Å². The largest absolute Gasteiger partial charge is 0.416 e. The molecule has 1 amide bonds. The van der Waals surface area contributed by atoms with E-state index in [0.29, 0.717) is 31.4 Å². The molecule has 1 aliphatic rings. The maximum atomic E-state index is 13.8. The van der Waals surface area contributed by atoms with E-state index < -0.39 is 23.5 Å². The SMILES string of the molecule is O=C(NC(=NC1CCOCC1)Nc1n[nH]c2cc(C(F)(F)F)ccc12)c1ccc(Cl)c(F)c1. The third-order valence-corrected chi connectivity index (χ3v) is 5.35. The molecule has 7 nitrogen and oxygen atoms in total. The van der Waals surface area contributed by atoms with E-state index in [4.69, 9.17) is 16.3 Å². The molecule has 0 unspecified atom stereocenters. The molecule has 2 aromatic carbocycles. The molecule has 0 spiro atoms. The van der Waals surface area contributed by atoms with Crippen molar-refractivity contribution in [3.63, 3.8) is 0 Å². The van der Waals surface area contributed by atoms with Gasteiger partial charge in [0.1, 0.15) is 5.82 Å². The molecule has 1 saturated heterocycles. The smallest absolute Gasteiger partial charge is 0.381 e. The lowest BCUT2D eigenvalue weighted by Gasteiger charge is -2.20. The van der Waals surface area contributed by atoms with E-state index in [2.05, 4.69) is 25.8 Å². The van der Waals surface area contributed by atoms with Gasteiger partial charge in [0, 0.05) is 24.2 Å². The summed E-state index contributed by atoms with van der Waals surface area (Å²) in [6, 6.07) is 6.60. The molecule has 0 bridgehead atoms. The normalized spacial score (nSPS) is 15.6. The van der Waals surface area contributed by atoms with E-state index >= 15 is 0 Å². The molecule has 33 heavy (non-hydrogen) atoms. The zero-order valence-electron chi connectivity index (χ0n) is 17.0. The number of aromatic amines is 1. The van der Waals surface area contributed by atoms with Crippen LogP contribution in [0.5, 0.6) is 0 Å². The fourth-order valence-electron chi connectivity index (χ4n) is 3.31. The van der Waals surface area contributed by atoms with E-state index in [1.807, 2.05) is 0 Å². The first-order valence-corrected chi connectivity index (χ1v) is 10.3. The quantitative estimate of drug-likeness (QED) is 0.285. The summed E-state index contributed by atoms with van der Waals surface area (Å²) in [7, 11) is 0. The summed E-state index contributed by atoms with van der Waals surface area (Å²) in [5.74, 6) is -1.20. The first kappa shape index (κ1) is 23.0. The van der Waals surface area contributed by atoms with Crippen LogP contribution in [0, 0.1) is 5.82 Å². The van der Waals surface area contributed by atoms with Crippen molar-refractivity contribution in [1.29, 1.82) is 0 Å². The minimum Gasteiger partial charge on any atom is -0.381 e. The topological polar surface area (TPSA) is 91.4 Å². The minimum atomic E-state index is -4.50. The van der Waals surface area contributed by atoms with Crippen molar-refractivity contribution >= 4 is 40.2 Å². The number of fused-ring (bicyclic) bond motifs is 1. The van der Waals surface area contributed by atoms with Gasteiger partial charge in [-0.3, -0.25) is 15.2 Å². The van der Waals surface area contributed by atoms with Gasteiger partial charge in [0.05, 0.1) is 22.1 Å². The molecule has 4 rings (SSSR count). The van der Waals surface area contributed by atoms with Crippen LogP contribution in [0.1, 0.15) is 28.8 Å². The summed E-state index contributed by atoms with van der Waals surface area (Å²) >= 11 is 5.67. The molecule has 0 radical (unpaired) electrons. The van der Waals surface area contributed by atoms with Gasteiger partial charge in [0.2, 0.25) is 5.96 Å². The van der Waals surface area contributed by atoms with Gasteiger partial charge in [-0.15, -0.1) is 0 Å². The molecular formula is C21H18ClF4N5O2. The second kappa shape index (κ2) is 9.36. The number of alkyl halides is 3. The van der Waals surface area contributed by atoms with E-state index in [-0.39, 0.29) is 33.9 Å². The Kier molecular flexibility index (Phi) is 6.52. The second-order valence-corrected chi connectivity index (χ2v) is 7.77. The molecular weight excluding hydrogens is 466 g/mol. The highest BCUT2D eigenvalue weighted by Crippen LogP contribution is 2.32. The highest BCUT2D eigenvalue weighted by Gasteiger charge is 2.31. The Bertz CT molecular complexity index is 1210. The summed E-state index contributed by atoms with van der Waals surface area (Å²) < 4.78 is 58.1. The zero-order chi connectivity index (χ0) is 23.6. The van der Waals surface area contributed by atoms with Gasteiger partial charge < -0.3 is 10.1 Å². The van der Waals surface area contributed by atoms with Crippen molar-refractivity contribution < 1.29 is 27.1 Å². The third kappa shape index (κ3) is 5.42. The van der Waals surface area contributed by atoms with Gasteiger partial charge in [0.15, 0.2) is 5.82 Å². The predicted octanol–water partition coefficient (Wildman–Crippen LogP) is 4.75. The van der Waals surface area contributed by atoms with Crippen molar-refractivity contribution in [2.75, 3.05) is 18.5 Å². The summed E-state index contributed by atoms with van der Waals surface area (Å²) in [6.07, 6.45) is -3.26. The number of amides is 1. The lowest BCUT2D eigenvalue weighted by molar-refractivity contribution is -0.137. The standard InChI is InChI=1S/C21H18ClF4N5O2/c22-15-4-1-11(9-16(15)23)19(32)29-20(27-13-5-7-33-8-6-13)28-18-14-3-2-12(21(24,25)26)10-17(14)30-31-18/h1-4,9-10,13H,5-8H2,(H3,27,28,29,30,31,32). The summed E-state index contributed by atoms with van der Waals surface area (Å²) in [6.45, 7) is 1.01. The molecule has 3 N–H and O–H groups in total. The lowest BCUT2D eigenvalue weighted by atomic mass is 10.1. The van der Waals surface area contributed by atoms with Crippen molar-refractivity contribution in [2.24, 2.45) is 4.99 Å². The number of hydrogen-bond acceptors (Lipinski definition) is 4.